The Bertz CT molecular complexity index is 3680. The van der Waals surface area contributed by atoms with Crippen molar-refractivity contribution >= 4 is 60.7 Å². The highest BCUT2D eigenvalue weighted by molar-refractivity contribution is 6.13. The molecule has 5 aliphatic rings. The van der Waals surface area contributed by atoms with Crippen LogP contribution in [0.3, 0.4) is 0 Å². The molecule has 1 aliphatic heterocycles. The minimum absolute atomic E-state index is 0.0171. The van der Waals surface area contributed by atoms with Gasteiger partial charge >= 0.3 is 0 Å². The molecule has 0 N–H and O–H groups in total. The van der Waals surface area contributed by atoms with Crippen molar-refractivity contribution in [1.29, 1.82) is 0 Å². The van der Waals surface area contributed by atoms with Crippen LogP contribution < -0.4 is 4.90 Å². The van der Waals surface area contributed by atoms with E-state index in [1.165, 1.54) is 115 Å². The van der Waals surface area contributed by atoms with Crippen molar-refractivity contribution in [2.75, 3.05) is 4.90 Å². The predicted octanol–water partition coefficient (Wildman–Crippen LogP) is 16.7. The van der Waals surface area contributed by atoms with E-state index in [9.17, 15) is 0 Å². The van der Waals surface area contributed by atoms with E-state index in [1.807, 2.05) is 0 Å². The Kier molecular flexibility index (Phi) is 7.96. The lowest BCUT2D eigenvalue weighted by molar-refractivity contribution is -0.0418. The van der Waals surface area contributed by atoms with Crippen LogP contribution in [0.4, 0.5) is 17.1 Å². The molecule has 67 heavy (non-hydrogen) atoms. The third-order valence-corrected chi connectivity index (χ3v) is 16.8. The molecule has 4 bridgehead atoms. The quantitative estimate of drug-likeness (QED) is 0.162. The fourth-order valence-electron chi connectivity index (χ4n) is 14.5. The monoisotopic (exact) mass is 859 g/mol. The fraction of sp³-hybridized carbons (Fsp3) is 0.156. The zero-order valence-electron chi connectivity index (χ0n) is 37.4. The molecule has 4 saturated carbocycles. The van der Waals surface area contributed by atoms with Crippen molar-refractivity contribution in [1.82, 2.24) is 9.13 Å². The van der Waals surface area contributed by atoms with Crippen molar-refractivity contribution in [3.8, 4) is 33.6 Å². The second-order valence-corrected chi connectivity index (χ2v) is 20.1. The molecule has 0 radical (unpaired) electrons. The van der Waals surface area contributed by atoms with E-state index in [0.29, 0.717) is 11.8 Å². The van der Waals surface area contributed by atoms with Gasteiger partial charge in [-0.2, -0.15) is 0 Å². The van der Waals surface area contributed by atoms with Crippen LogP contribution in [0.15, 0.2) is 212 Å². The van der Waals surface area contributed by atoms with Gasteiger partial charge in [-0.3, -0.25) is 0 Å². The van der Waals surface area contributed by atoms with Gasteiger partial charge in [0.1, 0.15) is 0 Å². The molecular weight excluding hydrogens is 811 g/mol. The number of aromatic nitrogens is 2. The van der Waals surface area contributed by atoms with Gasteiger partial charge in [-0.1, -0.05) is 140 Å². The van der Waals surface area contributed by atoms with Crippen molar-refractivity contribution in [2.24, 2.45) is 23.7 Å². The van der Waals surface area contributed by atoms with Crippen molar-refractivity contribution in [3.63, 3.8) is 0 Å². The first-order chi connectivity index (χ1) is 33.2. The average molecular weight is 860 g/mol. The molecule has 3 nitrogen and oxygen atoms in total. The van der Waals surface area contributed by atoms with Gasteiger partial charge in [-0.15, -0.1) is 0 Å². The highest BCUT2D eigenvalue weighted by Gasteiger charge is 2.61. The molecular formula is C64H49N3. The number of hydrogen-bond donors (Lipinski definition) is 0. The van der Waals surface area contributed by atoms with Gasteiger partial charge in [0.2, 0.25) is 0 Å². The highest BCUT2D eigenvalue weighted by Crippen LogP contribution is 2.68. The summed E-state index contributed by atoms with van der Waals surface area (Å²) in [5, 5.41) is 5.24. The van der Waals surface area contributed by atoms with E-state index in [-0.39, 0.29) is 5.41 Å². The molecule has 0 saturated heterocycles. The zero-order valence-corrected chi connectivity index (χ0v) is 37.4. The Hall–Kier alpha value is -7.62. The smallest absolute Gasteiger partial charge is 0.0584 e. The van der Waals surface area contributed by atoms with Crippen molar-refractivity contribution in [2.45, 2.75) is 37.5 Å². The van der Waals surface area contributed by atoms with Crippen LogP contribution in [0.25, 0.3) is 77.2 Å². The second kappa shape index (κ2) is 14.2. The van der Waals surface area contributed by atoms with E-state index >= 15 is 0 Å². The Morgan fingerprint density at radius 1 is 0.358 bits per heavy atom. The summed E-state index contributed by atoms with van der Waals surface area (Å²) in [5.41, 5.74) is 19.2. The number of hydrogen-bond acceptors (Lipinski definition) is 1. The van der Waals surface area contributed by atoms with Crippen LogP contribution in [-0.4, -0.2) is 9.13 Å². The average Bonchev–Trinajstić information content (AvgIpc) is 3.90. The summed E-state index contributed by atoms with van der Waals surface area (Å²) in [5.74, 6) is 3.03. The fourth-order valence-corrected chi connectivity index (χ4v) is 14.5. The van der Waals surface area contributed by atoms with Gasteiger partial charge in [0.15, 0.2) is 0 Å². The molecule has 2 aromatic heterocycles. The Morgan fingerprint density at radius 3 is 1.51 bits per heavy atom. The lowest BCUT2D eigenvalue weighted by Gasteiger charge is -2.63. The van der Waals surface area contributed by atoms with Crippen LogP contribution in [0.2, 0.25) is 0 Å². The molecule has 1 spiro atoms. The summed E-state index contributed by atoms with van der Waals surface area (Å²) in [6, 6.07) is 79.9. The minimum Gasteiger partial charge on any atom is -0.310 e. The second-order valence-electron chi connectivity index (χ2n) is 20.1. The molecule has 4 aliphatic carbocycles. The van der Waals surface area contributed by atoms with Gasteiger partial charge < -0.3 is 14.0 Å². The molecule has 9 aromatic carbocycles. The van der Waals surface area contributed by atoms with E-state index in [0.717, 1.165) is 23.2 Å². The Labute approximate surface area is 391 Å². The van der Waals surface area contributed by atoms with Gasteiger partial charge in [0.05, 0.1) is 27.8 Å². The summed E-state index contributed by atoms with van der Waals surface area (Å²) in [4.78, 5) is 2.54. The van der Waals surface area contributed by atoms with Crippen molar-refractivity contribution < 1.29 is 0 Å². The van der Waals surface area contributed by atoms with Gasteiger partial charge in [0, 0.05) is 49.7 Å². The normalized spacial score (nSPS) is 21.2. The van der Waals surface area contributed by atoms with Crippen LogP contribution in [-0.2, 0) is 5.41 Å². The molecule has 0 amide bonds. The molecule has 320 valence electrons. The highest BCUT2D eigenvalue weighted by atomic mass is 15.1. The molecule has 16 rings (SSSR count). The van der Waals surface area contributed by atoms with E-state index in [2.05, 4.69) is 226 Å². The van der Waals surface area contributed by atoms with Gasteiger partial charge in [0.25, 0.3) is 0 Å². The summed E-state index contributed by atoms with van der Waals surface area (Å²) >= 11 is 0. The van der Waals surface area contributed by atoms with Crippen LogP contribution in [0, 0.1) is 23.7 Å². The SMILES string of the molecule is c1ccc(-c2ccc(N(c3ccc(-c4cccc(-n5c6ccccc6c6ccccc65)c4)cc3)c3cc4c5c(c3)c3ccccc3n5-c3ccccc3C43C4CC5CC(C4)CC3C5)cc2)cc1. The van der Waals surface area contributed by atoms with Crippen LogP contribution in [0.5, 0.6) is 0 Å². The van der Waals surface area contributed by atoms with E-state index in [4.69, 9.17) is 0 Å². The van der Waals surface area contributed by atoms with Crippen molar-refractivity contribution in [3.05, 3.63) is 223 Å². The molecule has 4 fully saturated rings. The Balaban J connectivity index is 0.925. The third kappa shape index (κ3) is 5.34. The lowest BCUT2D eigenvalue weighted by atomic mass is 9.41. The van der Waals surface area contributed by atoms with E-state index < -0.39 is 0 Å². The standard InChI is InChI=1S/C64H49N3/c1-2-13-43(14-3-1)44-25-29-49(30-26-44)65(50-31-27-45(28-32-50)46-15-12-16-51(38-46)66-59-21-8-4-17-53(59)54-18-5-9-22-60(54)66)52-39-56-55-19-6-10-23-61(55)67-62-24-11-7-20-57(62)64(58(40-52)63(56)67)47-34-41-33-42(36-47)37-48(64)35-41/h1-32,38-42,47-48H,33-37H2. The predicted molar refractivity (Wildman–Crippen MR) is 278 cm³/mol. The number of anilines is 3. The number of rotatable bonds is 6. The first-order valence-electron chi connectivity index (χ1n) is 24.5. The number of para-hydroxylation sites is 4. The van der Waals surface area contributed by atoms with Gasteiger partial charge in [-0.05, 0) is 162 Å². The zero-order chi connectivity index (χ0) is 43.8. The molecule has 11 aromatic rings. The molecule has 0 atom stereocenters. The third-order valence-electron chi connectivity index (χ3n) is 16.8. The largest absolute Gasteiger partial charge is 0.310 e. The summed E-state index contributed by atoms with van der Waals surface area (Å²) in [6.07, 6.45) is 6.82. The maximum atomic E-state index is 2.66. The Morgan fingerprint density at radius 2 is 0.866 bits per heavy atom. The van der Waals surface area contributed by atoms with E-state index in [1.54, 1.807) is 11.1 Å². The van der Waals surface area contributed by atoms with Crippen LogP contribution in [0.1, 0.15) is 43.2 Å². The number of nitrogens with zero attached hydrogens (tertiary/aromatic N) is 3. The first-order valence-corrected chi connectivity index (χ1v) is 24.5. The lowest BCUT2D eigenvalue weighted by Crippen LogP contribution is -2.57. The summed E-state index contributed by atoms with van der Waals surface area (Å²) in [6.45, 7) is 0. The summed E-state index contributed by atoms with van der Waals surface area (Å²) in [7, 11) is 0. The molecule has 3 heterocycles. The molecule has 3 heteroatoms. The maximum Gasteiger partial charge on any atom is 0.0584 e. The minimum atomic E-state index is -0.0171. The first kappa shape index (κ1) is 37.6. The number of benzene rings is 9. The number of fused-ring (bicyclic) bond motifs is 8. The summed E-state index contributed by atoms with van der Waals surface area (Å²) < 4.78 is 5.05. The maximum absolute atomic E-state index is 2.66. The van der Waals surface area contributed by atoms with Crippen LogP contribution >= 0.6 is 0 Å². The molecule has 0 unspecified atom stereocenters. The topological polar surface area (TPSA) is 13.1 Å². The van der Waals surface area contributed by atoms with Gasteiger partial charge in [-0.25, -0.2) is 0 Å².